The van der Waals surface area contributed by atoms with Gasteiger partial charge in [-0.2, -0.15) is 0 Å². The van der Waals surface area contributed by atoms with Crippen molar-refractivity contribution in [3.05, 3.63) is 88.8 Å². The normalized spacial score (nSPS) is 11.8. The summed E-state index contributed by atoms with van der Waals surface area (Å²) < 4.78 is 0. The molecule has 5 heteroatoms. The van der Waals surface area contributed by atoms with E-state index in [1.807, 2.05) is 58.9 Å². The van der Waals surface area contributed by atoms with E-state index in [9.17, 15) is 4.79 Å². The molecule has 5 nitrogen and oxygen atoms in total. The van der Waals surface area contributed by atoms with Crippen LogP contribution in [0.15, 0.2) is 60.7 Å². The average Bonchev–Trinajstić information content (AvgIpc) is 2.78. The van der Waals surface area contributed by atoms with Crippen LogP contribution in [-0.2, 0) is 11.3 Å². The van der Waals surface area contributed by atoms with Crippen LogP contribution >= 0.6 is 0 Å². The van der Waals surface area contributed by atoms with Gasteiger partial charge in [0.15, 0.2) is 0 Å². The maximum absolute atomic E-state index is 12.4. The highest BCUT2D eigenvalue weighted by Gasteiger charge is 2.13. The first-order valence-electron chi connectivity index (χ1n) is 11.3. The Balaban J connectivity index is 0.000000569. The van der Waals surface area contributed by atoms with Crippen LogP contribution in [-0.4, -0.2) is 24.0 Å². The monoisotopic (exact) mass is 444 g/mol. The van der Waals surface area contributed by atoms with Crippen LogP contribution in [0.2, 0.25) is 0 Å². The second-order valence-electron chi connectivity index (χ2n) is 9.35. The lowest BCUT2D eigenvalue weighted by atomic mass is 10.1. The first kappa shape index (κ1) is 26.1. The summed E-state index contributed by atoms with van der Waals surface area (Å²) in [7, 11) is 0. The topological polar surface area (TPSA) is 71.5 Å². The number of hydrogen-bond donors (Lipinski definition) is 3. The van der Waals surface area contributed by atoms with Crippen LogP contribution in [0.3, 0.4) is 0 Å². The summed E-state index contributed by atoms with van der Waals surface area (Å²) in [6.07, 6.45) is 0.345. The van der Waals surface area contributed by atoms with Crippen LogP contribution in [0.4, 0.5) is 5.69 Å². The molecule has 4 N–H and O–H groups in total. The molecule has 0 radical (unpaired) electrons. The Kier molecular flexibility index (Phi) is 9.59. The highest BCUT2D eigenvalue weighted by Crippen LogP contribution is 2.17. The van der Waals surface area contributed by atoms with E-state index in [0.29, 0.717) is 19.5 Å². The van der Waals surface area contributed by atoms with Gasteiger partial charge in [0, 0.05) is 52.0 Å². The van der Waals surface area contributed by atoms with Crippen molar-refractivity contribution >= 4 is 22.4 Å². The maximum atomic E-state index is 12.4. The largest absolute Gasteiger partial charge is 0.329 e. The molecule has 0 aliphatic carbocycles. The minimum absolute atomic E-state index is 0.0246. The van der Waals surface area contributed by atoms with E-state index < -0.39 is 0 Å². The quantitative estimate of drug-likeness (QED) is 0.415. The Labute approximate surface area is 198 Å². The van der Waals surface area contributed by atoms with E-state index in [1.54, 1.807) is 0 Å². The highest BCUT2D eigenvalue weighted by atomic mass is 16.1. The first-order valence-corrected chi connectivity index (χ1v) is 11.3. The number of carbonyl (C=O) groups excluding carboxylic acids is 1. The maximum Gasteiger partial charge on any atom is 0.225 e. The van der Waals surface area contributed by atoms with Crippen molar-refractivity contribution in [2.45, 2.75) is 59.2 Å². The third-order valence-electron chi connectivity index (χ3n) is 5.12. The molecule has 0 saturated carbocycles. The summed E-state index contributed by atoms with van der Waals surface area (Å²) in [5.41, 5.74) is 10.00. The molecule has 0 aliphatic heterocycles. The molecule has 0 aliphatic rings. The minimum Gasteiger partial charge on any atom is -0.329 e. The van der Waals surface area contributed by atoms with E-state index in [0.717, 1.165) is 11.3 Å². The van der Waals surface area contributed by atoms with Crippen molar-refractivity contribution in [3.8, 4) is 0 Å². The van der Waals surface area contributed by atoms with Crippen molar-refractivity contribution in [2.24, 2.45) is 5.73 Å². The Bertz CT molecular complexity index is 1110. The summed E-state index contributed by atoms with van der Waals surface area (Å²) in [5.74, 6) is -0.0246. The van der Waals surface area contributed by atoms with Gasteiger partial charge in [-0.05, 0) is 47.9 Å². The minimum atomic E-state index is -0.167. The van der Waals surface area contributed by atoms with Gasteiger partial charge in [-0.15, -0.1) is 0 Å². The van der Waals surface area contributed by atoms with Crippen molar-refractivity contribution in [3.63, 3.8) is 0 Å². The predicted octanol–water partition coefficient (Wildman–Crippen LogP) is 5.61. The summed E-state index contributed by atoms with van der Waals surface area (Å²) in [5, 5.41) is 8.84. The molecule has 1 unspecified atom stereocenters. The fourth-order valence-corrected chi connectivity index (χ4v) is 3.23. The SMILES string of the molecule is Cc1ccc(NC(=O)CC(CN)NCc2ccc3ccccc3c2)c(C)c1.[C-]#[N+]C(C)(C)C. The number of hydrogen-bond acceptors (Lipinski definition) is 3. The molecule has 0 saturated heterocycles. The van der Waals surface area contributed by atoms with E-state index >= 15 is 0 Å². The van der Waals surface area contributed by atoms with Gasteiger partial charge in [-0.25, -0.2) is 6.57 Å². The van der Waals surface area contributed by atoms with E-state index in [-0.39, 0.29) is 17.5 Å². The number of nitrogens with one attached hydrogen (secondary N) is 2. The highest BCUT2D eigenvalue weighted by molar-refractivity contribution is 5.92. The van der Waals surface area contributed by atoms with Crippen LogP contribution in [0.25, 0.3) is 15.6 Å². The van der Waals surface area contributed by atoms with Gasteiger partial charge in [-0.1, -0.05) is 54.1 Å². The van der Waals surface area contributed by atoms with Crippen molar-refractivity contribution in [1.82, 2.24) is 5.32 Å². The predicted molar refractivity (Wildman–Crippen MR) is 139 cm³/mol. The number of aryl methyl sites for hydroxylation is 2. The Morgan fingerprint density at radius 1 is 1.03 bits per heavy atom. The zero-order valence-electron chi connectivity index (χ0n) is 20.4. The number of fused-ring (bicyclic) bond motifs is 1. The zero-order valence-corrected chi connectivity index (χ0v) is 20.4. The molecule has 0 aromatic heterocycles. The molecule has 174 valence electrons. The summed E-state index contributed by atoms with van der Waals surface area (Å²) in [6, 6.07) is 20.6. The third-order valence-corrected chi connectivity index (χ3v) is 5.12. The van der Waals surface area contributed by atoms with E-state index in [1.165, 1.54) is 21.9 Å². The summed E-state index contributed by atoms with van der Waals surface area (Å²) >= 11 is 0. The summed E-state index contributed by atoms with van der Waals surface area (Å²) in [4.78, 5) is 15.7. The van der Waals surface area contributed by atoms with Crippen LogP contribution in [0.5, 0.6) is 0 Å². The van der Waals surface area contributed by atoms with Crippen LogP contribution < -0.4 is 16.4 Å². The molecule has 33 heavy (non-hydrogen) atoms. The summed E-state index contributed by atoms with van der Waals surface area (Å²) in [6.45, 7) is 17.3. The third kappa shape index (κ3) is 9.05. The molecule has 0 heterocycles. The number of anilines is 1. The molecule has 3 aromatic rings. The van der Waals surface area contributed by atoms with Gasteiger partial charge < -0.3 is 21.2 Å². The molecule has 0 fully saturated rings. The van der Waals surface area contributed by atoms with Gasteiger partial charge in [0.2, 0.25) is 11.4 Å². The second kappa shape index (κ2) is 12.2. The van der Waals surface area contributed by atoms with Crippen LogP contribution in [0.1, 0.15) is 43.9 Å². The average molecular weight is 445 g/mol. The molecule has 3 aromatic carbocycles. The van der Waals surface area contributed by atoms with Crippen molar-refractivity contribution in [1.29, 1.82) is 0 Å². The lowest BCUT2D eigenvalue weighted by Crippen LogP contribution is -2.38. The van der Waals surface area contributed by atoms with E-state index in [4.69, 9.17) is 12.3 Å². The lowest BCUT2D eigenvalue weighted by molar-refractivity contribution is -0.116. The molecule has 1 amide bonds. The van der Waals surface area contributed by atoms with Gasteiger partial charge in [0.1, 0.15) is 0 Å². The van der Waals surface area contributed by atoms with Crippen LogP contribution in [0, 0.1) is 20.4 Å². The van der Waals surface area contributed by atoms with Crippen molar-refractivity contribution in [2.75, 3.05) is 11.9 Å². The van der Waals surface area contributed by atoms with E-state index in [2.05, 4.69) is 51.9 Å². The lowest BCUT2D eigenvalue weighted by Gasteiger charge is -2.17. The van der Waals surface area contributed by atoms with Gasteiger partial charge in [-0.3, -0.25) is 4.79 Å². The second-order valence-corrected chi connectivity index (χ2v) is 9.35. The molecule has 0 spiro atoms. The standard InChI is InChI=1S/C23H27N3O.C5H9N/c1-16-7-10-22(17(2)11-16)26-23(27)13-21(14-24)25-15-18-8-9-19-5-3-4-6-20(19)12-18;1-5(2,3)6-4/h3-12,21,25H,13-15,24H2,1-2H3,(H,26,27);1-3H3. The van der Waals surface area contributed by atoms with Gasteiger partial charge in [0.05, 0.1) is 0 Å². The number of carbonyl (C=O) groups is 1. The van der Waals surface area contributed by atoms with Gasteiger partial charge in [0.25, 0.3) is 0 Å². The Morgan fingerprint density at radius 2 is 1.70 bits per heavy atom. The molecular formula is C28H36N4O. The number of nitrogens with zero attached hydrogens (tertiary/aromatic N) is 1. The Morgan fingerprint density at radius 3 is 2.30 bits per heavy atom. The fourth-order valence-electron chi connectivity index (χ4n) is 3.23. The first-order chi connectivity index (χ1) is 15.6. The smallest absolute Gasteiger partial charge is 0.225 e. The molecule has 0 bridgehead atoms. The Hall–Kier alpha value is -3.20. The van der Waals surface area contributed by atoms with Gasteiger partial charge >= 0.3 is 0 Å². The molecular weight excluding hydrogens is 408 g/mol. The number of amides is 1. The number of benzene rings is 3. The fraction of sp³-hybridized carbons (Fsp3) is 0.357. The van der Waals surface area contributed by atoms with Crippen molar-refractivity contribution < 1.29 is 4.79 Å². The number of nitrogens with two attached hydrogens (primary N) is 1. The molecule has 3 rings (SSSR count). The molecule has 1 atom stereocenters. The number of rotatable bonds is 7. The zero-order chi connectivity index (χ0) is 24.4.